The molecule has 2 rings (SSSR count). The lowest BCUT2D eigenvalue weighted by molar-refractivity contribution is 0.106. The van der Waals surface area contributed by atoms with Crippen LogP contribution in [0.1, 0.15) is 17.5 Å². The van der Waals surface area contributed by atoms with Crippen molar-refractivity contribution in [3.05, 3.63) is 70.7 Å². The van der Waals surface area contributed by atoms with E-state index in [2.05, 4.69) is 29.6 Å². The molecule has 3 nitrogen and oxygen atoms in total. The Kier molecular flexibility index (Phi) is 9.60. The van der Waals surface area contributed by atoms with Gasteiger partial charge in [-0.2, -0.15) is 0 Å². The maximum Gasteiger partial charge on any atom is 0.0716 e. The Balaban J connectivity index is 1.77. The minimum absolute atomic E-state index is 0.522. The second kappa shape index (κ2) is 12.0. The molecule has 2 aromatic carbocycles. The third-order valence-corrected chi connectivity index (χ3v) is 4.39. The highest BCUT2D eigenvalue weighted by atomic mass is 35.5. The molecule has 0 amide bonds. The van der Waals surface area contributed by atoms with Crippen LogP contribution in [0.25, 0.3) is 0 Å². The summed E-state index contributed by atoms with van der Waals surface area (Å²) >= 11 is 5.98. The molecule has 0 saturated carbocycles. The van der Waals surface area contributed by atoms with Crippen molar-refractivity contribution in [3.63, 3.8) is 0 Å². The first-order valence-electron chi connectivity index (χ1n) is 8.83. The molecular formula is C21H28ClNO2. The molecule has 0 bridgehead atoms. The van der Waals surface area contributed by atoms with Crippen LogP contribution in [-0.4, -0.2) is 33.4 Å². The van der Waals surface area contributed by atoms with Gasteiger partial charge in [0.1, 0.15) is 0 Å². The molecule has 0 aliphatic carbocycles. The van der Waals surface area contributed by atoms with E-state index in [4.69, 9.17) is 21.1 Å². The van der Waals surface area contributed by atoms with E-state index in [0.717, 1.165) is 44.2 Å². The van der Waals surface area contributed by atoms with Crippen molar-refractivity contribution in [2.45, 2.75) is 19.4 Å². The summed E-state index contributed by atoms with van der Waals surface area (Å²) in [6, 6.07) is 18.4. The lowest BCUT2D eigenvalue weighted by Crippen LogP contribution is -2.28. The molecule has 25 heavy (non-hydrogen) atoms. The van der Waals surface area contributed by atoms with E-state index in [0.29, 0.717) is 12.5 Å². The maximum absolute atomic E-state index is 5.98. The molecule has 0 aliphatic heterocycles. The lowest BCUT2D eigenvalue weighted by Gasteiger charge is -2.18. The number of hydrogen-bond acceptors (Lipinski definition) is 3. The standard InChI is InChI=1S/C21H28ClNO2/c1-24-14-12-23-16-20(15-18-7-9-21(22)10-8-18)11-13-25-17-19-5-3-2-4-6-19/h2-10,20,23H,11-17H2,1H3. The molecule has 1 unspecified atom stereocenters. The minimum Gasteiger partial charge on any atom is -0.383 e. The number of hydrogen-bond donors (Lipinski definition) is 1. The number of nitrogens with one attached hydrogen (secondary N) is 1. The smallest absolute Gasteiger partial charge is 0.0716 e. The Hall–Kier alpha value is -1.39. The van der Waals surface area contributed by atoms with Gasteiger partial charge in [-0.25, -0.2) is 0 Å². The summed E-state index contributed by atoms with van der Waals surface area (Å²) in [5, 5.41) is 4.25. The number of benzene rings is 2. The van der Waals surface area contributed by atoms with Crippen LogP contribution in [0, 0.1) is 5.92 Å². The van der Waals surface area contributed by atoms with Crippen molar-refractivity contribution >= 4 is 11.6 Å². The normalized spacial score (nSPS) is 12.2. The van der Waals surface area contributed by atoms with Gasteiger partial charge >= 0.3 is 0 Å². The monoisotopic (exact) mass is 361 g/mol. The van der Waals surface area contributed by atoms with E-state index in [9.17, 15) is 0 Å². The molecule has 0 radical (unpaired) electrons. The SMILES string of the molecule is COCCNCC(CCOCc1ccccc1)Cc1ccc(Cl)cc1. The Bertz CT molecular complexity index is 574. The maximum atomic E-state index is 5.98. The predicted molar refractivity (Wildman–Crippen MR) is 104 cm³/mol. The summed E-state index contributed by atoms with van der Waals surface area (Å²) in [6.07, 6.45) is 2.04. The fourth-order valence-corrected chi connectivity index (χ4v) is 2.85. The van der Waals surface area contributed by atoms with Gasteiger partial charge in [-0.3, -0.25) is 0 Å². The van der Waals surface area contributed by atoms with E-state index >= 15 is 0 Å². The van der Waals surface area contributed by atoms with Gasteiger partial charge in [0.05, 0.1) is 13.2 Å². The average Bonchev–Trinajstić information content (AvgIpc) is 2.64. The summed E-state index contributed by atoms with van der Waals surface area (Å²) in [5.41, 5.74) is 2.53. The highest BCUT2D eigenvalue weighted by molar-refractivity contribution is 6.30. The zero-order chi connectivity index (χ0) is 17.7. The molecule has 0 aromatic heterocycles. The quantitative estimate of drug-likeness (QED) is 0.570. The minimum atomic E-state index is 0.522. The van der Waals surface area contributed by atoms with Crippen LogP contribution in [0.3, 0.4) is 0 Å². The van der Waals surface area contributed by atoms with E-state index in [-0.39, 0.29) is 0 Å². The van der Waals surface area contributed by atoms with Crippen molar-refractivity contribution < 1.29 is 9.47 Å². The fourth-order valence-electron chi connectivity index (χ4n) is 2.72. The topological polar surface area (TPSA) is 30.5 Å². The third-order valence-electron chi connectivity index (χ3n) is 4.14. The Labute approximate surface area is 156 Å². The van der Waals surface area contributed by atoms with Crippen LogP contribution in [0.2, 0.25) is 5.02 Å². The van der Waals surface area contributed by atoms with Gasteiger partial charge in [0, 0.05) is 25.3 Å². The number of methoxy groups -OCH3 is 1. The van der Waals surface area contributed by atoms with Crippen molar-refractivity contribution in [3.8, 4) is 0 Å². The van der Waals surface area contributed by atoms with Crippen molar-refractivity contribution in [2.24, 2.45) is 5.92 Å². The number of rotatable bonds is 12. The molecule has 0 spiro atoms. The second-order valence-corrected chi connectivity index (χ2v) is 6.66. The molecule has 136 valence electrons. The largest absolute Gasteiger partial charge is 0.383 e. The van der Waals surface area contributed by atoms with Crippen molar-refractivity contribution in [1.82, 2.24) is 5.32 Å². The van der Waals surface area contributed by atoms with Gasteiger partial charge in [-0.05, 0) is 48.6 Å². The molecular weight excluding hydrogens is 334 g/mol. The van der Waals surface area contributed by atoms with Crippen LogP contribution in [0.5, 0.6) is 0 Å². The fraction of sp³-hybridized carbons (Fsp3) is 0.429. The van der Waals surface area contributed by atoms with Crippen LogP contribution in [0.4, 0.5) is 0 Å². The van der Waals surface area contributed by atoms with Gasteiger partial charge in [-0.1, -0.05) is 54.1 Å². The summed E-state index contributed by atoms with van der Waals surface area (Å²) in [4.78, 5) is 0. The zero-order valence-electron chi connectivity index (χ0n) is 14.9. The van der Waals surface area contributed by atoms with E-state index in [1.54, 1.807) is 7.11 Å². The highest BCUT2D eigenvalue weighted by Gasteiger charge is 2.10. The molecule has 4 heteroatoms. The van der Waals surface area contributed by atoms with Crippen molar-refractivity contribution in [2.75, 3.05) is 33.4 Å². The molecule has 0 fully saturated rings. The molecule has 1 atom stereocenters. The summed E-state index contributed by atoms with van der Waals surface area (Å²) in [7, 11) is 1.73. The van der Waals surface area contributed by atoms with Gasteiger partial charge in [0.2, 0.25) is 0 Å². The second-order valence-electron chi connectivity index (χ2n) is 6.22. The first kappa shape index (κ1) is 19.9. The van der Waals surface area contributed by atoms with Crippen LogP contribution in [0.15, 0.2) is 54.6 Å². The lowest BCUT2D eigenvalue weighted by atomic mass is 9.96. The molecule has 1 N–H and O–H groups in total. The molecule has 0 heterocycles. The zero-order valence-corrected chi connectivity index (χ0v) is 15.7. The Morgan fingerprint density at radius 1 is 0.960 bits per heavy atom. The van der Waals surface area contributed by atoms with E-state index in [1.165, 1.54) is 11.1 Å². The van der Waals surface area contributed by atoms with Crippen molar-refractivity contribution in [1.29, 1.82) is 0 Å². The Morgan fingerprint density at radius 2 is 1.72 bits per heavy atom. The predicted octanol–water partition coefficient (Wildman–Crippen LogP) is 4.34. The van der Waals surface area contributed by atoms with E-state index < -0.39 is 0 Å². The molecule has 2 aromatic rings. The van der Waals surface area contributed by atoms with Gasteiger partial charge in [-0.15, -0.1) is 0 Å². The van der Waals surface area contributed by atoms with Crippen LogP contribution < -0.4 is 5.32 Å². The molecule has 0 aliphatic rings. The molecule has 0 saturated heterocycles. The van der Waals surface area contributed by atoms with E-state index in [1.807, 2.05) is 30.3 Å². The highest BCUT2D eigenvalue weighted by Crippen LogP contribution is 2.16. The first-order valence-corrected chi connectivity index (χ1v) is 9.21. The van der Waals surface area contributed by atoms with Crippen LogP contribution >= 0.6 is 11.6 Å². The third kappa shape index (κ3) is 8.50. The Morgan fingerprint density at radius 3 is 2.44 bits per heavy atom. The first-order chi connectivity index (χ1) is 12.3. The number of ether oxygens (including phenoxy) is 2. The van der Waals surface area contributed by atoms with Gasteiger partial charge in [0.15, 0.2) is 0 Å². The van der Waals surface area contributed by atoms with Gasteiger partial charge in [0.25, 0.3) is 0 Å². The summed E-state index contributed by atoms with van der Waals surface area (Å²) < 4.78 is 11.0. The summed E-state index contributed by atoms with van der Waals surface area (Å²) in [5.74, 6) is 0.522. The number of halogens is 1. The summed E-state index contributed by atoms with van der Waals surface area (Å²) in [6.45, 7) is 4.00. The average molecular weight is 362 g/mol. The van der Waals surface area contributed by atoms with Gasteiger partial charge < -0.3 is 14.8 Å². The van der Waals surface area contributed by atoms with Crippen LogP contribution in [-0.2, 0) is 22.5 Å².